The fourth-order valence-electron chi connectivity index (χ4n) is 4.17. The van der Waals surface area contributed by atoms with Crippen molar-refractivity contribution in [2.24, 2.45) is 11.8 Å². The van der Waals surface area contributed by atoms with E-state index in [9.17, 15) is 10.1 Å². The Kier molecular flexibility index (Phi) is 6.83. The predicted octanol–water partition coefficient (Wildman–Crippen LogP) is 4.90. The van der Waals surface area contributed by atoms with E-state index in [0.717, 1.165) is 35.3 Å². The van der Waals surface area contributed by atoms with Crippen LogP contribution in [0.15, 0.2) is 42.9 Å². The zero-order valence-electron chi connectivity index (χ0n) is 18.8. The summed E-state index contributed by atoms with van der Waals surface area (Å²) >= 11 is 0. The van der Waals surface area contributed by atoms with E-state index in [0.29, 0.717) is 24.1 Å². The number of anilines is 3. The lowest BCUT2D eigenvalue weighted by atomic mass is 9.92. The first-order valence-electron chi connectivity index (χ1n) is 11.0. The van der Waals surface area contributed by atoms with Crippen molar-refractivity contribution in [3.63, 3.8) is 0 Å². The lowest BCUT2D eigenvalue weighted by Crippen LogP contribution is -2.17. The third-order valence-electron chi connectivity index (χ3n) is 5.97. The molecule has 2 N–H and O–H groups in total. The van der Waals surface area contributed by atoms with Gasteiger partial charge in [0.1, 0.15) is 0 Å². The summed E-state index contributed by atoms with van der Waals surface area (Å²) in [5.74, 6) is 0.909. The SMILES string of the molecule is COC(=O)Nc1ccc(Nc2ncc(C)c(-c3cnn(CC(C#N)C4CCCC4)c3)n2)cc1. The number of methoxy groups -OCH3 is 1. The number of nitriles is 1. The summed E-state index contributed by atoms with van der Waals surface area (Å²) in [5.41, 5.74) is 4.02. The van der Waals surface area contributed by atoms with Crippen LogP contribution in [0, 0.1) is 30.1 Å². The van der Waals surface area contributed by atoms with Gasteiger partial charge in [-0.2, -0.15) is 10.4 Å². The van der Waals surface area contributed by atoms with Crippen molar-refractivity contribution >= 4 is 23.4 Å². The van der Waals surface area contributed by atoms with E-state index in [-0.39, 0.29) is 5.92 Å². The number of ether oxygens (including phenoxy) is 1. The van der Waals surface area contributed by atoms with Crippen LogP contribution in [-0.4, -0.2) is 33.0 Å². The smallest absolute Gasteiger partial charge is 0.411 e. The highest BCUT2D eigenvalue weighted by Gasteiger charge is 2.25. The standard InChI is InChI=1S/C24H27N7O2/c1-16-12-26-23(28-20-7-9-21(10-8-20)29-24(32)33-2)30-22(16)19-13-27-31(15-19)14-18(11-25)17-5-3-4-6-17/h7-10,12-13,15,17-18H,3-6,14H2,1-2H3,(H,29,32)(H,26,28,30). The van der Waals surface area contributed by atoms with Crippen molar-refractivity contribution in [3.8, 4) is 17.3 Å². The van der Waals surface area contributed by atoms with Crippen LogP contribution < -0.4 is 10.6 Å². The Balaban J connectivity index is 1.46. The Morgan fingerprint density at radius 2 is 1.97 bits per heavy atom. The molecule has 0 aliphatic heterocycles. The van der Waals surface area contributed by atoms with Crippen LogP contribution in [0.2, 0.25) is 0 Å². The van der Waals surface area contributed by atoms with Crippen LogP contribution in [0.5, 0.6) is 0 Å². The lowest BCUT2D eigenvalue weighted by Gasteiger charge is -2.15. The molecule has 1 atom stereocenters. The summed E-state index contributed by atoms with van der Waals surface area (Å²) in [6, 6.07) is 9.63. The molecule has 170 valence electrons. The minimum Gasteiger partial charge on any atom is -0.453 e. The molecule has 0 saturated heterocycles. The summed E-state index contributed by atoms with van der Waals surface area (Å²) in [6.07, 6.45) is 9.68. The maximum atomic E-state index is 11.3. The third kappa shape index (κ3) is 5.47. The minimum absolute atomic E-state index is 0.0133. The number of carbonyl (C=O) groups is 1. The first-order chi connectivity index (χ1) is 16.1. The van der Waals surface area contributed by atoms with Gasteiger partial charge in [-0.05, 0) is 55.5 Å². The monoisotopic (exact) mass is 445 g/mol. The molecule has 1 saturated carbocycles. The maximum Gasteiger partial charge on any atom is 0.411 e. The predicted molar refractivity (Wildman–Crippen MR) is 125 cm³/mol. The van der Waals surface area contributed by atoms with Gasteiger partial charge < -0.3 is 10.1 Å². The van der Waals surface area contributed by atoms with E-state index in [1.165, 1.54) is 20.0 Å². The Bertz CT molecular complexity index is 1140. The van der Waals surface area contributed by atoms with E-state index < -0.39 is 6.09 Å². The molecular formula is C24H27N7O2. The number of aromatic nitrogens is 4. The van der Waals surface area contributed by atoms with Gasteiger partial charge in [0, 0.05) is 29.3 Å². The normalized spacial score (nSPS) is 14.5. The van der Waals surface area contributed by atoms with Crippen molar-refractivity contribution in [1.29, 1.82) is 5.26 Å². The third-order valence-corrected chi connectivity index (χ3v) is 5.97. The first kappa shape index (κ1) is 22.3. The molecule has 4 rings (SSSR count). The number of aryl methyl sites for hydroxylation is 1. The summed E-state index contributed by atoms with van der Waals surface area (Å²) in [5, 5.41) is 19.9. The number of hydrogen-bond acceptors (Lipinski definition) is 7. The van der Waals surface area contributed by atoms with E-state index in [2.05, 4.69) is 36.5 Å². The highest BCUT2D eigenvalue weighted by Crippen LogP contribution is 2.32. The fourth-order valence-corrected chi connectivity index (χ4v) is 4.17. The molecule has 0 spiro atoms. The second kappa shape index (κ2) is 10.1. The topological polar surface area (TPSA) is 118 Å². The molecule has 9 heteroatoms. The Hall–Kier alpha value is -3.93. The van der Waals surface area contributed by atoms with Crippen LogP contribution in [0.1, 0.15) is 31.2 Å². The zero-order valence-corrected chi connectivity index (χ0v) is 18.8. The van der Waals surface area contributed by atoms with Gasteiger partial charge >= 0.3 is 6.09 Å². The quantitative estimate of drug-likeness (QED) is 0.531. The lowest BCUT2D eigenvalue weighted by molar-refractivity contribution is 0.187. The van der Waals surface area contributed by atoms with E-state index in [1.807, 2.05) is 29.9 Å². The van der Waals surface area contributed by atoms with Crippen molar-refractivity contribution in [1.82, 2.24) is 19.7 Å². The molecule has 0 bridgehead atoms. The molecular weight excluding hydrogens is 418 g/mol. The van der Waals surface area contributed by atoms with Crippen LogP contribution in [0.3, 0.4) is 0 Å². The van der Waals surface area contributed by atoms with Crippen LogP contribution in [0.25, 0.3) is 11.3 Å². The van der Waals surface area contributed by atoms with E-state index in [4.69, 9.17) is 0 Å². The van der Waals surface area contributed by atoms with Crippen molar-refractivity contribution < 1.29 is 9.53 Å². The van der Waals surface area contributed by atoms with E-state index in [1.54, 1.807) is 24.5 Å². The molecule has 9 nitrogen and oxygen atoms in total. The number of benzene rings is 1. The van der Waals surface area contributed by atoms with Gasteiger partial charge in [0.15, 0.2) is 0 Å². The van der Waals surface area contributed by atoms with E-state index >= 15 is 0 Å². The molecule has 1 amide bonds. The van der Waals surface area contributed by atoms with Crippen molar-refractivity contribution in [2.75, 3.05) is 17.7 Å². The molecule has 0 radical (unpaired) electrons. The number of nitrogens with zero attached hydrogens (tertiary/aromatic N) is 5. The average molecular weight is 446 g/mol. The molecule has 2 aromatic heterocycles. The van der Waals surface area contributed by atoms with Crippen LogP contribution in [0.4, 0.5) is 22.1 Å². The van der Waals surface area contributed by atoms with Crippen LogP contribution >= 0.6 is 0 Å². The second-order valence-electron chi connectivity index (χ2n) is 8.28. The fraction of sp³-hybridized carbons (Fsp3) is 0.375. The second-order valence-corrected chi connectivity index (χ2v) is 8.28. The average Bonchev–Trinajstić information content (AvgIpc) is 3.52. The summed E-state index contributed by atoms with van der Waals surface area (Å²) in [4.78, 5) is 20.4. The van der Waals surface area contributed by atoms with Gasteiger partial charge in [0.05, 0.1) is 37.5 Å². The molecule has 1 aromatic carbocycles. The molecule has 1 fully saturated rings. The largest absolute Gasteiger partial charge is 0.453 e. The first-order valence-corrected chi connectivity index (χ1v) is 11.0. The molecule has 33 heavy (non-hydrogen) atoms. The maximum absolute atomic E-state index is 11.3. The molecule has 1 aliphatic carbocycles. The van der Waals surface area contributed by atoms with Gasteiger partial charge in [0.25, 0.3) is 0 Å². The van der Waals surface area contributed by atoms with Crippen LogP contribution in [-0.2, 0) is 11.3 Å². The van der Waals surface area contributed by atoms with Gasteiger partial charge in [-0.15, -0.1) is 0 Å². The Morgan fingerprint density at radius 1 is 1.24 bits per heavy atom. The number of carbonyl (C=O) groups excluding carboxylic acids is 1. The summed E-state index contributed by atoms with van der Waals surface area (Å²) in [6.45, 7) is 2.56. The van der Waals surface area contributed by atoms with Gasteiger partial charge in [0.2, 0.25) is 5.95 Å². The zero-order chi connectivity index (χ0) is 23.2. The number of amides is 1. The highest BCUT2D eigenvalue weighted by atomic mass is 16.5. The van der Waals surface area contributed by atoms with Gasteiger partial charge in [-0.3, -0.25) is 10.00 Å². The minimum atomic E-state index is -0.521. The summed E-state index contributed by atoms with van der Waals surface area (Å²) < 4.78 is 6.44. The number of hydrogen-bond donors (Lipinski definition) is 2. The van der Waals surface area contributed by atoms with Gasteiger partial charge in [-0.25, -0.2) is 14.8 Å². The molecule has 1 unspecified atom stereocenters. The summed E-state index contributed by atoms with van der Waals surface area (Å²) in [7, 11) is 1.32. The highest BCUT2D eigenvalue weighted by molar-refractivity contribution is 5.84. The van der Waals surface area contributed by atoms with Crippen molar-refractivity contribution in [2.45, 2.75) is 39.2 Å². The molecule has 3 aromatic rings. The number of rotatable bonds is 7. The Morgan fingerprint density at radius 3 is 2.67 bits per heavy atom. The van der Waals surface area contributed by atoms with Gasteiger partial charge in [-0.1, -0.05) is 12.8 Å². The Labute approximate surface area is 192 Å². The van der Waals surface area contributed by atoms with Crippen molar-refractivity contribution in [3.05, 3.63) is 48.4 Å². The molecule has 1 aliphatic rings. The molecule has 2 heterocycles. The number of nitrogens with one attached hydrogen (secondary N) is 2.